The molecule has 18 heavy (non-hydrogen) atoms. The Labute approximate surface area is 111 Å². The quantitative estimate of drug-likeness (QED) is 0.882. The van der Waals surface area contributed by atoms with Gasteiger partial charge in [-0.05, 0) is 18.0 Å². The fourth-order valence-corrected chi connectivity index (χ4v) is 2.84. The van der Waals surface area contributed by atoms with Gasteiger partial charge in [0.25, 0.3) is 5.91 Å². The number of β-amino-alcohol motifs (C(OH)–C–C–N with tert-alkyl or cyclic N) is 1. The molecule has 1 aromatic rings. The normalized spacial score (nSPS) is 18.6. The van der Waals surface area contributed by atoms with Crippen LogP contribution >= 0.6 is 11.5 Å². The van der Waals surface area contributed by atoms with Gasteiger partial charge >= 0.3 is 0 Å². The predicted octanol–water partition coefficient (Wildman–Crippen LogP) is 1.43. The summed E-state index contributed by atoms with van der Waals surface area (Å²) in [6, 6.07) is 0. The molecule has 1 aromatic heterocycles. The number of aliphatic hydroxyl groups is 1. The lowest BCUT2D eigenvalue weighted by atomic mass is 9.89. The number of aromatic nitrogens is 2. The van der Waals surface area contributed by atoms with Crippen molar-refractivity contribution in [2.75, 3.05) is 13.1 Å². The van der Waals surface area contributed by atoms with Gasteiger partial charge in [-0.1, -0.05) is 32.2 Å². The fraction of sp³-hybridized carbons (Fsp3) is 0.750. The Hall–Kier alpha value is -1.01. The first-order chi connectivity index (χ1) is 8.27. The summed E-state index contributed by atoms with van der Waals surface area (Å²) in [4.78, 5) is 14.6. The molecule has 5 nitrogen and oxygen atoms in total. The lowest BCUT2D eigenvalue weighted by Crippen LogP contribution is -2.63. The third-order valence-corrected chi connectivity index (χ3v) is 4.02. The van der Waals surface area contributed by atoms with E-state index in [0.29, 0.717) is 24.4 Å². The van der Waals surface area contributed by atoms with Crippen LogP contribution in [0.5, 0.6) is 0 Å². The van der Waals surface area contributed by atoms with Crippen molar-refractivity contribution in [2.45, 2.75) is 45.1 Å². The number of rotatable bonds is 2. The molecule has 0 unspecified atom stereocenters. The summed E-state index contributed by atoms with van der Waals surface area (Å²) in [6.07, 6.45) is 0.670. The molecule has 100 valence electrons. The first-order valence-corrected chi connectivity index (χ1v) is 6.89. The molecule has 0 aliphatic carbocycles. The molecule has 0 atom stereocenters. The van der Waals surface area contributed by atoms with Gasteiger partial charge in [-0.25, -0.2) is 0 Å². The third-order valence-electron chi connectivity index (χ3n) is 3.31. The zero-order valence-electron chi connectivity index (χ0n) is 11.2. The van der Waals surface area contributed by atoms with Crippen molar-refractivity contribution in [2.24, 2.45) is 0 Å². The second-order valence-electron chi connectivity index (χ2n) is 5.94. The highest BCUT2D eigenvalue weighted by atomic mass is 32.1. The second kappa shape index (κ2) is 4.28. The summed E-state index contributed by atoms with van der Waals surface area (Å²) in [5.41, 5.74) is -0.149. The van der Waals surface area contributed by atoms with Crippen molar-refractivity contribution in [3.63, 3.8) is 0 Å². The van der Waals surface area contributed by atoms with Crippen molar-refractivity contribution in [3.05, 3.63) is 10.6 Å². The van der Waals surface area contributed by atoms with Gasteiger partial charge in [-0.2, -0.15) is 0 Å². The zero-order chi connectivity index (χ0) is 13.6. The highest BCUT2D eigenvalue weighted by Crippen LogP contribution is 2.30. The van der Waals surface area contributed by atoms with Crippen LogP contribution in [-0.2, 0) is 5.41 Å². The van der Waals surface area contributed by atoms with Gasteiger partial charge in [0.05, 0.1) is 24.4 Å². The minimum absolute atomic E-state index is 0.0620. The van der Waals surface area contributed by atoms with E-state index in [1.807, 2.05) is 27.7 Å². The molecule has 2 heterocycles. The molecular formula is C12H19N3O2S. The number of carbonyl (C=O) groups is 1. The molecule has 1 fully saturated rings. The van der Waals surface area contributed by atoms with Crippen LogP contribution in [0.1, 0.15) is 49.5 Å². The molecular weight excluding hydrogens is 250 g/mol. The summed E-state index contributed by atoms with van der Waals surface area (Å²) in [5.74, 6) is -0.0620. The predicted molar refractivity (Wildman–Crippen MR) is 69.8 cm³/mol. The van der Waals surface area contributed by atoms with Crippen LogP contribution in [0.4, 0.5) is 0 Å². The highest BCUT2D eigenvalue weighted by Gasteiger charge is 2.43. The SMILES string of the molecule is CCC1(O)CN(C(=O)c2snnc2C(C)(C)C)C1. The van der Waals surface area contributed by atoms with Crippen LogP contribution in [0.25, 0.3) is 0 Å². The molecule has 1 saturated heterocycles. The number of amides is 1. The van der Waals surface area contributed by atoms with Crippen LogP contribution in [0.15, 0.2) is 0 Å². The van der Waals surface area contributed by atoms with Crippen molar-refractivity contribution < 1.29 is 9.90 Å². The first-order valence-electron chi connectivity index (χ1n) is 6.11. The van der Waals surface area contributed by atoms with Gasteiger partial charge in [-0.3, -0.25) is 4.79 Å². The maximum atomic E-state index is 12.3. The Morgan fingerprint density at radius 2 is 2.11 bits per heavy atom. The molecule has 0 saturated carbocycles. The van der Waals surface area contributed by atoms with Gasteiger partial charge in [0.2, 0.25) is 0 Å². The van der Waals surface area contributed by atoms with Gasteiger partial charge < -0.3 is 10.0 Å². The van der Waals surface area contributed by atoms with Crippen molar-refractivity contribution >= 4 is 17.4 Å². The third kappa shape index (κ3) is 2.27. The fourth-order valence-electron chi connectivity index (χ4n) is 2.00. The molecule has 2 rings (SSSR count). The van der Waals surface area contributed by atoms with Crippen LogP contribution in [-0.4, -0.2) is 44.2 Å². The summed E-state index contributed by atoms with van der Waals surface area (Å²) in [6.45, 7) is 8.78. The number of hydrogen-bond acceptors (Lipinski definition) is 5. The summed E-state index contributed by atoms with van der Waals surface area (Å²) < 4.78 is 3.89. The molecule has 0 aromatic carbocycles. The van der Waals surface area contributed by atoms with E-state index in [2.05, 4.69) is 9.59 Å². The molecule has 1 amide bonds. The Balaban J connectivity index is 2.15. The van der Waals surface area contributed by atoms with Crippen LogP contribution in [0.3, 0.4) is 0 Å². The topological polar surface area (TPSA) is 66.3 Å². The molecule has 1 aliphatic rings. The monoisotopic (exact) mass is 269 g/mol. The van der Waals surface area contributed by atoms with E-state index in [1.54, 1.807) is 4.90 Å². The number of nitrogens with zero attached hydrogens (tertiary/aromatic N) is 3. The van der Waals surface area contributed by atoms with E-state index >= 15 is 0 Å². The number of carbonyl (C=O) groups excluding carboxylic acids is 1. The van der Waals surface area contributed by atoms with Crippen molar-refractivity contribution in [3.8, 4) is 0 Å². The van der Waals surface area contributed by atoms with Crippen molar-refractivity contribution in [1.29, 1.82) is 0 Å². The van der Waals surface area contributed by atoms with Gasteiger partial charge in [-0.15, -0.1) is 5.10 Å². The highest BCUT2D eigenvalue weighted by molar-refractivity contribution is 7.08. The molecule has 6 heteroatoms. The van der Waals surface area contributed by atoms with E-state index in [0.717, 1.165) is 17.2 Å². The lowest BCUT2D eigenvalue weighted by Gasteiger charge is -2.46. The van der Waals surface area contributed by atoms with Crippen LogP contribution in [0, 0.1) is 0 Å². The van der Waals surface area contributed by atoms with E-state index in [1.165, 1.54) is 0 Å². The number of hydrogen-bond donors (Lipinski definition) is 1. The number of likely N-dealkylation sites (tertiary alicyclic amines) is 1. The van der Waals surface area contributed by atoms with Crippen molar-refractivity contribution in [1.82, 2.24) is 14.5 Å². The summed E-state index contributed by atoms with van der Waals surface area (Å²) >= 11 is 1.14. The minimum Gasteiger partial charge on any atom is -0.386 e. The summed E-state index contributed by atoms with van der Waals surface area (Å²) in [7, 11) is 0. The van der Waals surface area contributed by atoms with Gasteiger partial charge in [0.15, 0.2) is 0 Å². The molecule has 0 radical (unpaired) electrons. The maximum absolute atomic E-state index is 12.3. The summed E-state index contributed by atoms with van der Waals surface area (Å²) in [5, 5.41) is 14.0. The van der Waals surface area contributed by atoms with E-state index in [9.17, 15) is 9.90 Å². The van der Waals surface area contributed by atoms with E-state index in [4.69, 9.17) is 0 Å². The standard InChI is InChI=1S/C12H19N3O2S/c1-5-12(17)6-15(7-12)10(16)8-9(11(2,3)4)13-14-18-8/h17H,5-7H2,1-4H3. The first kappa shape index (κ1) is 13.4. The maximum Gasteiger partial charge on any atom is 0.267 e. The molecule has 0 bridgehead atoms. The largest absolute Gasteiger partial charge is 0.386 e. The smallest absolute Gasteiger partial charge is 0.267 e. The molecule has 1 N–H and O–H groups in total. The van der Waals surface area contributed by atoms with Crippen LogP contribution in [0.2, 0.25) is 0 Å². The average molecular weight is 269 g/mol. The lowest BCUT2D eigenvalue weighted by molar-refractivity contribution is -0.0825. The Morgan fingerprint density at radius 1 is 1.50 bits per heavy atom. The van der Waals surface area contributed by atoms with E-state index < -0.39 is 5.60 Å². The Kier molecular flexibility index (Phi) is 3.19. The van der Waals surface area contributed by atoms with E-state index in [-0.39, 0.29) is 11.3 Å². The Bertz CT molecular complexity index is 458. The minimum atomic E-state index is -0.699. The second-order valence-corrected chi connectivity index (χ2v) is 6.69. The molecule has 1 aliphatic heterocycles. The molecule has 0 spiro atoms. The zero-order valence-corrected chi connectivity index (χ0v) is 12.0. The Morgan fingerprint density at radius 3 is 2.61 bits per heavy atom. The average Bonchev–Trinajstić information content (AvgIpc) is 2.72. The van der Waals surface area contributed by atoms with Gasteiger partial charge in [0.1, 0.15) is 4.88 Å². The van der Waals surface area contributed by atoms with Gasteiger partial charge in [0, 0.05) is 5.41 Å². The van der Waals surface area contributed by atoms with Crippen LogP contribution < -0.4 is 0 Å².